The molecular weight excluding hydrogens is 239 g/mol. The average molecular weight is 250 g/mol. The zero-order chi connectivity index (χ0) is 12.4. The number of halogens is 1. The van der Waals surface area contributed by atoms with E-state index in [4.69, 9.17) is 4.74 Å². The molecule has 1 aromatic heterocycles. The van der Waals surface area contributed by atoms with Crippen molar-refractivity contribution >= 4 is 17.3 Å². The van der Waals surface area contributed by atoms with E-state index in [2.05, 4.69) is 0 Å². The Kier molecular flexibility index (Phi) is 3.24. The van der Waals surface area contributed by atoms with Crippen molar-refractivity contribution in [3.8, 4) is 5.75 Å². The van der Waals surface area contributed by atoms with Crippen LogP contribution in [-0.4, -0.2) is 5.97 Å². The largest absolute Gasteiger partial charge is 0.419 e. The first-order valence-electron chi connectivity index (χ1n) is 5.11. The Morgan fingerprint density at radius 2 is 2.00 bits per heavy atom. The van der Waals surface area contributed by atoms with Crippen LogP contribution in [0.25, 0.3) is 0 Å². The van der Waals surface area contributed by atoms with Crippen LogP contribution in [0.2, 0.25) is 0 Å². The standard InChI is InChI=1S/C13H11FO2S/c1-8-7-12(17-9(8)2)13(15)16-11-6-4-3-5-10(11)14/h3-7H,1-2H3. The Bertz CT molecular complexity index is 541. The first-order chi connectivity index (χ1) is 8.08. The Labute approximate surface area is 103 Å². The molecule has 0 spiro atoms. The van der Waals surface area contributed by atoms with E-state index in [0.29, 0.717) is 4.88 Å². The molecule has 4 heteroatoms. The SMILES string of the molecule is Cc1cc(C(=O)Oc2ccccc2F)sc1C. The molecule has 1 heterocycles. The van der Waals surface area contributed by atoms with Crippen molar-refractivity contribution in [1.82, 2.24) is 0 Å². The summed E-state index contributed by atoms with van der Waals surface area (Å²) in [5.41, 5.74) is 1.04. The van der Waals surface area contributed by atoms with Crippen LogP contribution in [0, 0.1) is 19.7 Å². The second-order valence-corrected chi connectivity index (χ2v) is 4.93. The number of thiophene rings is 1. The number of aryl methyl sites for hydroxylation is 2. The molecule has 0 amide bonds. The van der Waals surface area contributed by atoms with Gasteiger partial charge in [0.2, 0.25) is 0 Å². The highest BCUT2D eigenvalue weighted by atomic mass is 32.1. The second-order valence-electron chi connectivity index (χ2n) is 3.67. The van der Waals surface area contributed by atoms with E-state index in [-0.39, 0.29) is 5.75 Å². The number of rotatable bonds is 2. The maximum atomic E-state index is 13.3. The molecule has 0 bridgehead atoms. The van der Waals surface area contributed by atoms with E-state index in [1.807, 2.05) is 13.8 Å². The fraction of sp³-hybridized carbons (Fsp3) is 0.154. The van der Waals surface area contributed by atoms with Crippen molar-refractivity contribution in [3.05, 3.63) is 51.5 Å². The summed E-state index contributed by atoms with van der Waals surface area (Å²) in [7, 11) is 0. The zero-order valence-corrected chi connectivity index (χ0v) is 10.3. The van der Waals surface area contributed by atoms with Gasteiger partial charge in [0.05, 0.1) is 0 Å². The lowest BCUT2D eigenvalue weighted by Gasteiger charge is -2.02. The number of benzene rings is 1. The third-order valence-electron chi connectivity index (χ3n) is 2.41. The van der Waals surface area contributed by atoms with Crippen molar-refractivity contribution in [3.63, 3.8) is 0 Å². The van der Waals surface area contributed by atoms with Crippen LogP contribution in [0.4, 0.5) is 4.39 Å². The Balaban J connectivity index is 2.20. The molecule has 1 aromatic carbocycles. The number of ether oxygens (including phenoxy) is 1. The molecule has 0 aliphatic carbocycles. The van der Waals surface area contributed by atoms with E-state index in [0.717, 1.165) is 10.4 Å². The smallest absolute Gasteiger partial charge is 0.353 e. The number of para-hydroxylation sites is 1. The van der Waals surface area contributed by atoms with Crippen LogP contribution >= 0.6 is 11.3 Å². The number of carbonyl (C=O) groups is 1. The summed E-state index contributed by atoms with van der Waals surface area (Å²) in [5.74, 6) is -1.09. The van der Waals surface area contributed by atoms with Gasteiger partial charge >= 0.3 is 5.97 Å². The third-order valence-corrected chi connectivity index (χ3v) is 3.54. The maximum absolute atomic E-state index is 13.3. The number of esters is 1. The average Bonchev–Trinajstić information content (AvgIpc) is 2.63. The van der Waals surface area contributed by atoms with Crippen molar-refractivity contribution < 1.29 is 13.9 Å². The summed E-state index contributed by atoms with van der Waals surface area (Å²) >= 11 is 1.35. The number of hydrogen-bond donors (Lipinski definition) is 0. The van der Waals surface area contributed by atoms with E-state index >= 15 is 0 Å². The Morgan fingerprint density at radius 3 is 2.59 bits per heavy atom. The normalized spacial score (nSPS) is 10.3. The molecule has 0 aliphatic heterocycles. The first-order valence-corrected chi connectivity index (χ1v) is 5.93. The van der Waals surface area contributed by atoms with Gasteiger partial charge in [-0.2, -0.15) is 0 Å². The van der Waals surface area contributed by atoms with Crippen LogP contribution in [0.15, 0.2) is 30.3 Å². The topological polar surface area (TPSA) is 26.3 Å². The molecule has 0 radical (unpaired) electrons. The minimum atomic E-state index is -0.536. The van der Waals surface area contributed by atoms with Crippen molar-refractivity contribution in [1.29, 1.82) is 0 Å². The van der Waals surface area contributed by atoms with Crippen molar-refractivity contribution in [2.45, 2.75) is 13.8 Å². The van der Waals surface area contributed by atoms with Crippen LogP contribution in [0.5, 0.6) is 5.75 Å². The predicted octanol–water partition coefficient (Wildman–Crippen LogP) is 3.72. The minimum Gasteiger partial charge on any atom is -0.419 e. The lowest BCUT2D eigenvalue weighted by molar-refractivity contribution is 0.0733. The Hall–Kier alpha value is -1.68. The van der Waals surface area contributed by atoms with Crippen molar-refractivity contribution in [2.24, 2.45) is 0 Å². The molecule has 0 saturated heterocycles. The predicted molar refractivity (Wildman–Crippen MR) is 65.2 cm³/mol. The second kappa shape index (κ2) is 4.67. The summed E-state index contributed by atoms with van der Waals surface area (Å²) in [6, 6.07) is 7.61. The molecule has 0 aliphatic rings. The molecule has 2 nitrogen and oxygen atoms in total. The van der Waals surface area contributed by atoms with Gasteiger partial charge in [0.1, 0.15) is 4.88 Å². The molecule has 0 atom stereocenters. The van der Waals surface area contributed by atoms with Gasteiger partial charge in [-0.25, -0.2) is 9.18 Å². The van der Waals surface area contributed by atoms with Gasteiger partial charge in [-0.05, 0) is 37.6 Å². The minimum absolute atomic E-state index is 0.0405. The lowest BCUT2D eigenvalue weighted by Crippen LogP contribution is -2.07. The van der Waals surface area contributed by atoms with Gasteiger partial charge in [-0.3, -0.25) is 0 Å². The summed E-state index contributed by atoms with van der Waals surface area (Å²) in [4.78, 5) is 13.3. The first kappa shape index (κ1) is 11.8. The highest BCUT2D eigenvalue weighted by Crippen LogP contribution is 2.23. The molecule has 0 N–H and O–H groups in total. The molecule has 0 unspecified atom stereocenters. The van der Waals surface area contributed by atoms with Crippen LogP contribution in [-0.2, 0) is 0 Å². The summed E-state index contributed by atoms with van der Waals surface area (Å²) in [6.07, 6.45) is 0. The van der Waals surface area contributed by atoms with Gasteiger partial charge in [0.25, 0.3) is 0 Å². The van der Waals surface area contributed by atoms with Crippen LogP contribution < -0.4 is 4.74 Å². The molecule has 0 saturated carbocycles. The zero-order valence-electron chi connectivity index (χ0n) is 9.49. The molecular formula is C13H11FO2S. The molecule has 2 aromatic rings. The van der Waals surface area contributed by atoms with Gasteiger partial charge in [0.15, 0.2) is 11.6 Å². The monoisotopic (exact) mass is 250 g/mol. The quantitative estimate of drug-likeness (QED) is 0.599. The number of hydrogen-bond acceptors (Lipinski definition) is 3. The van der Waals surface area contributed by atoms with Gasteiger partial charge < -0.3 is 4.74 Å². The van der Waals surface area contributed by atoms with Gasteiger partial charge in [0, 0.05) is 4.88 Å². The summed E-state index contributed by atoms with van der Waals surface area (Å²) in [6.45, 7) is 3.85. The lowest BCUT2D eigenvalue weighted by atomic mass is 10.3. The molecule has 2 rings (SSSR count). The van der Waals surface area contributed by atoms with E-state index in [1.54, 1.807) is 18.2 Å². The van der Waals surface area contributed by atoms with E-state index in [9.17, 15) is 9.18 Å². The van der Waals surface area contributed by atoms with E-state index < -0.39 is 11.8 Å². The van der Waals surface area contributed by atoms with Crippen LogP contribution in [0.3, 0.4) is 0 Å². The summed E-state index contributed by atoms with van der Waals surface area (Å²) in [5, 5.41) is 0. The fourth-order valence-electron chi connectivity index (χ4n) is 1.35. The molecule has 0 fully saturated rings. The maximum Gasteiger partial charge on any atom is 0.353 e. The molecule has 88 valence electrons. The van der Waals surface area contributed by atoms with Gasteiger partial charge in [-0.1, -0.05) is 12.1 Å². The number of carbonyl (C=O) groups excluding carboxylic acids is 1. The van der Waals surface area contributed by atoms with Crippen LogP contribution in [0.1, 0.15) is 20.1 Å². The third kappa shape index (κ3) is 2.53. The van der Waals surface area contributed by atoms with Gasteiger partial charge in [-0.15, -0.1) is 11.3 Å². The molecule has 17 heavy (non-hydrogen) atoms. The fourth-order valence-corrected chi connectivity index (χ4v) is 2.26. The summed E-state index contributed by atoms with van der Waals surface area (Å²) < 4.78 is 18.3. The van der Waals surface area contributed by atoms with E-state index in [1.165, 1.54) is 23.5 Å². The Morgan fingerprint density at radius 1 is 1.29 bits per heavy atom. The highest BCUT2D eigenvalue weighted by molar-refractivity contribution is 7.14. The highest BCUT2D eigenvalue weighted by Gasteiger charge is 2.14. The van der Waals surface area contributed by atoms with Crippen molar-refractivity contribution in [2.75, 3.05) is 0 Å².